The molecule has 0 radical (unpaired) electrons. The van der Waals surface area contributed by atoms with E-state index in [0.29, 0.717) is 30.6 Å². The van der Waals surface area contributed by atoms with Crippen molar-refractivity contribution in [2.24, 2.45) is 0 Å². The van der Waals surface area contributed by atoms with Gasteiger partial charge >= 0.3 is 0 Å². The van der Waals surface area contributed by atoms with Crippen molar-refractivity contribution in [1.29, 1.82) is 0 Å². The van der Waals surface area contributed by atoms with Gasteiger partial charge in [-0.25, -0.2) is 0 Å². The second kappa shape index (κ2) is 9.54. The predicted octanol–water partition coefficient (Wildman–Crippen LogP) is 3.48. The van der Waals surface area contributed by atoms with E-state index in [1.54, 1.807) is 25.1 Å². The Morgan fingerprint density at radius 3 is 2.28 bits per heavy atom. The number of hydrogen-bond acceptors (Lipinski definition) is 3. The van der Waals surface area contributed by atoms with Crippen LogP contribution in [0.3, 0.4) is 0 Å². The molecule has 0 saturated heterocycles. The number of thiocarbonyl (C=S) groups is 1. The Morgan fingerprint density at radius 2 is 1.60 bits per heavy atom. The molecular weight excluding hydrogens is 334 g/mol. The molecule has 2 aromatic carbocycles. The Balaban J connectivity index is 1.82. The van der Waals surface area contributed by atoms with E-state index in [1.165, 1.54) is 0 Å². The Kier molecular flexibility index (Phi) is 7.10. The van der Waals surface area contributed by atoms with Crippen LogP contribution in [0.1, 0.15) is 25.3 Å². The van der Waals surface area contributed by atoms with Gasteiger partial charge in [-0.05, 0) is 42.4 Å². The summed E-state index contributed by atoms with van der Waals surface area (Å²) in [4.78, 5) is 23.4. The Bertz CT molecular complexity index is 747. The summed E-state index contributed by atoms with van der Waals surface area (Å²) in [5, 5.41) is 8.62. The maximum Gasteiger partial charge on any atom is 0.226 e. The minimum atomic E-state index is -0.142. The largest absolute Gasteiger partial charge is 0.332 e. The topological polar surface area (TPSA) is 70.2 Å². The third-order valence-corrected chi connectivity index (χ3v) is 3.67. The molecule has 0 unspecified atom stereocenters. The summed E-state index contributed by atoms with van der Waals surface area (Å²) in [6.07, 6.45) is 1.43. The molecule has 0 aliphatic rings. The molecule has 5 nitrogen and oxygen atoms in total. The molecule has 0 aliphatic heterocycles. The SMILES string of the molecule is CCC(=O)Nc1cccc(NC(=S)NC(=O)CCc2ccccc2)c1. The summed E-state index contributed by atoms with van der Waals surface area (Å²) < 4.78 is 0. The Labute approximate surface area is 152 Å². The smallest absolute Gasteiger partial charge is 0.226 e. The Morgan fingerprint density at radius 1 is 0.920 bits per heavy atom. The maximum atomic E-state index is 12.0. The third-order valence-electron chi connectivity index (χ3n) is 3.46. The van der Waals surface area contributed by atoms with E-state index in [-0.39, 0.29) is 16.9 Å². The molecule has 0 bridgehead atoms. The van der Waals surface area contributed by atoms with Crippen molar-refractivity contribution in [2.75, 3.05) is 10.6 Å². The van der Waals surface area contributed by atoms with Crippen LogP contribution in [0.5, 0.6) is 0 Å². The number of carbonyl (C=O) groups is 2. The van der Waals surface area contributed by atoms with Crippen molar-refractivity contribution < 1.29 is 9.59 Å². The van der Waals surface area contributed by atoms with Gasteiger partial charge in [0.1, 0.15) is 0 Å². The fourth-order valence-electron chi connectivity index (χ4n) is 2.18. The summed E-state index contributed by atoms with van der Waals surface area (Å²) >= 11 is 5.17. The molecule has 0 fully saturated rings. The molecule has 0 heterocycles. The lowest BCUT2D eigenvalue weighted by molar-refractivity contribution is -0.119. The van der Waals surface area contributed by atoms with E-state index in [9.17, 15) is 9.59 Å². The summed E-state index contributed by atoms with van der Waals surface area (Å²) in [5.74, 6) is -0.203. The van der Waals surface area contributed by atoms with Crippen LogP contribution in [0, 0.1) is 0 Å². The lowest BCUT2D eigenvalue weighted by Gasteiger charge is -2.11. The summed E-state index contributed by atoms with van der Waals surface area (Å²) in [6, 6.07) is 17.0. The van der Waals surface area contributed by atoms with E-state index in [1.807, 2.05) is 36.4 Å². The van der Waals surface area contributed by atoms with Crippen molar-refractivity contribution >= 4 is 40.5 Å². The minimum absolute atomic E-state index is 0.0612. The third kappa shape index (κ3) is 6.73. The van der Waals surface area contributed by atoms with Gasteiger partial charge in [-0.3, -0.25) is 9.59 Å². The first-order chi connectivity index (χ1) is 12.1. The quantitative estimate of drug-likeness (QED) is 0.694. The zero-order valence-electron chi connectivity index (χ0n) is 14.0. The number of amides is 2. The highest BCUT2D eigenvalue weighted by molar-refractivity contribution is 7.80. The van der Waals surface area contributed by atoms with Gasteiger partial charge in [0.05, 0.1) is 0 Å². The molecule has 0 saturated carbocycles. The van der Waals surface area contributed by atoms with Gasteiger partial charge < -0.3 is 16.0 Å². The molecule has 0 atom stereocenters. The van der Waals surface area contributed by atoms with Crippen molar-refractivity contribution in [3.8, 4) is 0 Å². The zero-order chi connectivity index (χ0) is 18.1. The number of aryl methyl sites for hydroxylation is 1. The minimum Gasteiger partial charge on any atom is -0.332 e. The first-order valence-electron chi connectivity index (χ1n) is 8.11. The molecular formula is C19H21N3O2S. The second-order valence-electron chi connectivity index (χ2n) is 5.47. The zero-order valence-corrected chi connectivity index (χ0v) is 14.9. The number of anilines is 2. The summed E-state index contributed by atoms with van der Waals surface area (Å²) in [6.45, 7) is 1.79. The van der Waals surface area contributed by atoms with Gasteiger partial charge in [0.15, 0.2) is 5.11 Å². The lowest BCUT2D eigenvalue weighted by Crippen LogP contribution is -2.34. The van der Waals surface area contributed by atoms with E-state index in [2.05, 4.69) is 16.0 Å². The number of rotatable bonds is 6. The van der Waals surface area contributed by atoms with Crippen LogP contribution in [0.4, 0.5) is 11.4 Å². The van der Waals surface area contributed by atoms with Crippen LogP contribution >= 0.6 is 12.2 Å². The fraction of sp³-hybridized carbons (Fsp3) is 0.211. The van der Waals surface area contributed by atoms with Gasteiger partial charge in [0.2, 0.25) is 11.8 Å². The average Bonchev–Trinajstić information content (AvgIpc) is 2.61. The highest BCUT2D eigenvalue weighted by atomic mass is 32.1. The van der Waals surface area contributed by atoms with Crippen molar-refractivity contribution in [1.82, 2.24) is 5.32 Å². The van der Waals surface area contributed by atoms with Crippen molar-refractivity contribution in [3.05, 3.63) is 60.2 Å². The summed E-state index contributed by atoms with van der Waals surface area (Å²) in [5.41, 5.74) is 2.48. The number of nitrogens with one attached hydrogen (secondary N) is 3. The van der Waals surface area contributed by atoms with Gasteiger partial charge in [0.25, 0.3) is 0 Å². The molecule has 2 amide bonds. The predicted molar refractivity (Wildman–Crippen MR) is 104 cm³/mol. The molecule has 6 heteroatoms. The van der Waals surface area contributed by atoms with E-state index >= 15 is 0 Å². The van der Waals surface area contributed by atoms with Crippen molar-refractivity contribution in [2.45, 2.75) is 26.2 Å². The molecule has 2 rings (SSSR count). The van der Waals surface area contributed by atoms with Crippen LogP contribution in [-0.2, 0) is 16.0 Å². The standard InChI is InChI=1S/C19H21N3O2S/c1-2-17(23)20-15-9-6-10-16(13-15)21-19(25)22-18(24)12-11-14-7-4-3-5-8-14/h3-10,13H,2,11-12H2,1H3,(H,20,23)(H2,21,22,24,25). The Hall–Kier alpha value is -2.73. The monoisotopic (exact) mass is 355 g/mol. The normalized spacial score (nSPS) is 9.96. The lowest BCUT2D eigenvalue weighted by atomic mass is 10.1. The van der Waals surface area contributed by atoms with Crippen LogP contribution in [-0.4, -0.2) is 16.9 Å². The first-order valence-corrected chi connectivity index (χ1v) is 8.52. The first kappa shape index (κ1) is 18.6. The highest BCUT2D eigenvalue weighted by Gasteiger charge is 2.06. The molecule has 0 spiro atoms. The van der Waals surface area contributed by atoms with Crippen molar-refractivity contribution in [3.63, 3.8) is 0 Å². The van der Waals surface area contributed by atoms with Gasteiger partial charge in [0, 0.05) is 24.2 Å². The van der Waals surface area contributed by atoms with Crippen LogP contribution in [0.25, 0.3) is 0 Å². The van der Waals surface area contributed by atoms with Gasteiger partial charge in [-0.15, -0.1) is 0 Å². The van der Waals surface area contributed by atoms with Gasteiger partial charge in [-0.2, -0.15) is 0 Å². The molecule has 0 aromatic heterocycles. The summed E-state index contributed by atoms with van der Waals surface area (Å²) in [7, 11) is 0. The molecule has 2 aromatic rings. The average molecular weight is 355 g/mol. The second-order valence-corrected chi connectivity index (χ2v) is 5.88. The highest BCUT2D eigenvalue weighted by Crippen LogP contribution is 2.15. The van der Waals surface area contributed by atoms with Gasteiger partial charge in [-0.1, -0.05) is 43.3 Å². The van der Waals surface area contributed by atoms with Crippen LogP contribution in [0.15, 0.2) is 54.6 Å². The van der Waals surface area contributed by atoms with E-state index in [0.717, 1.165) is 5.56 Å². The van der Waals surface area contributed by atoms with Crippen LogP contribution in [0.2, 0.25) is 0 Å². The molecule has 3 N–H and O–H groups in total. The molecule has 130 valence electrons. The van der Waals surface area contributed by atoms with Crippen LogP contribution < -0.4 is 16.0 Å². The fourth-order valence-corrected chi connectivity index (χ4v) is 2.41. The molecule has 0 aliphatic carbocycles. The molecule has 25 heavy (non-hydrogen) atoms. The van der Waals surface area contributed by atoms with E-state index < -0.39 is 0 Å². The number of carbonyl (C=O) groups excluding carboxylic acids is 2. The van der Waals surface area contributed by atoms with E-state index in [4.69, 9.17) is 12.2 Å². The maximum absolute atomic E-state index is 12.0. The number of benzene rings is 2. The number of hydrogen-bond donors (Lipinski definition) is 3.